The van der Waals surface area contributed by atoms with Gasteiger partial charge in [-0.1, -0.05) is 23.8 Å². The molecule has 1 aromatic rings. The van der Waals surface area contributed by atoms with Crippen molar-refractivity contribution in [2.24, 2.45) is 5.73 Å². The summed E-state index contributed by atoms with van der Waals surface area (Å²) < 4.78 is 0. The molecule has 0 fully saturated rings. The van der Waals surface area contributed by atoms with Crippen molar-refractivity contribution in [1.82, 2.24) is 0 Å². The molecule has 0 saturated carbocycles. The summed E-state index contributed by atoms with van der Waals surface area (Å²) in [5, 5.41) is 0. The topological polar surface area (TPSA) is 26.0 Å². The zero-order chi connectivity index (χ0) is 8.55. The van der Waals surface area contributed by atoms with E-state index in [1.165, 1.54) is 16.7 Å². The van der Waals surface area contributed by atoms with E-state index in [4.69, 9.17) is 5.73 Å². The van der Waals surface area contributed by atoms with Gasteiger partial charge in [0.05, 0.1) is 0 Å². The third kappa shape index (κ3) is 1.37. The predicted molar refractivity (Wildman–Crippen MR) is 51.2 cm³/mol. The van der Waals surface area contributed by atoms with Gasteiger partial charge in [-0.2, -0.15) is 0 Å². The van der Waals surface area contributed by atoms with Crippen molar-refractivity contribution in [3.05, 3.63) is 34.9 Å². The summed E-state index contributed by atoms with van der Waals surface area (Å²) >= 11 is 0. The number of benzene rings is 1. The summed E-state index contributed by atoms with van der Waals surface area (Å²) in [5.74, 6) is 0. The van der Waals surface area contributed by atoms with E-state index in [0.717, 1.165) is 19.3 Å². The highest BCUT2D eigenvalue weighted by Crippen LogP contribution is 2.21. The molecule has 0 saturated heterocycles. The highest BCUT2D eigenvalue weighted by molar-refractivity contribution is 5.34. The Balaban J connectivity index is 2.37. The molecule has 0 heterocycles. The minimum atomic E-state index is 0.388. The second-order valence-electron chi connectivity index (χ2n) is 3.78. The molecule has 1 nitrogen and oxygen atoms in total. The van der Waals surface area contributed by atoms with Gasteiger partial charge in [-0.25, -0.2) is 0 Å². The van der Waals surface area contributed by atoms with Gasteiger partial charge in [0.2, 0.25) is 0 Å². The summed E-state index contributed by atoms with van der Waals surface area (Å²) in [6, 6.07) is 7.10. The molecule has 1 aromatic carbocycles. The molecule has 0 bridgehead atoms. The number of hydrogen-bond acceptors (Lipinski definition) is 1. The summed E-state index contributed by atoms with van der Waals surface area (Å²) in [6.07, 6.45) is 3.38. The van der Waals surface area contributed by atoms with E-state index in [2.05, 4.69) is 25.1 Å². The smallest absolute Gasteiger partial charge is 0.00825 e. The number of hydrogen-bond donors (Lipinski definition) is 1. The molecule has 64 valence electrons. The molecular formula is C11H15N. The van der Waals surface area contributed by atoms with Gasteiger partial charge in [0.25, 0.3) is 0 Å². The van der Waals surface area contributed by atoms with E-state index < -0.39 is 0 Å². The molecule has 0 spiro atoms. The fourth-order valence-corrected chi connectivity index (χ4v) is 1.91. The van der Waals surface area contributed by atoms with Gasteiger partial charge in [0.1, 0.15) is 0 Å². The van der Waals surface area contributed by atoms with Crippen molar-refractivity contribution < 1.29 is 0 Å². The van der Waals surface area contributed by atoms with E-state index in [9.17, 15) is 0 Å². The molecule has 0 aromatic heterocycles. The summed E-state index contributed by atoms with van der Waals surface area (Å²) in [7, 11) is 0. The number of nitrogens with two attached hydrogens (primary N) is 1. The van der Waals surface area contributed by atoms with Crippen molar-refractivity contribution >= 4 is 0 Å². The minimum absolute atomic E-state index is 0.388. The third-order valence-electron chi connectivity index (χ3n) is 2.63. The van der Waals surface area contributed by atoms with Crippen molar-refractivity contribution in [3.63, 3.8) is 0 Å². The third-order valence-corrected chi connectivity index (χ3v) is 2.63. The second kappa shape index (κ2) is 2.91. The lowest BCUT2D eigenvalue weighted by molar-refractivity contribution is 0.576. The fourth-order valence-electron chi connectivity index (χ4n) is 1.91. The van der Waals surface area contributed by atoms with E-state index >= 15 is 0 Å². The van der Waals surface area contributed by atoms with Gasteiger partial charge in [-0.05, 0) is 37.3 Å². The van der Waals surface area contributed by atoms with Gasteiger partial charge in [0, 0.05) is 6.04 Å². The Kier molecular flexibility index (Phi) is 1.89. The van der Waals surface area contributed by atoms with Gasteiger partial charge in [-0.15, -0.1) is 0 Å². The van der Waals surface area contributed by atoms with Crippen molar-refractivity contribution in [3.8, 4) is 0 Å². The summed E-state index contributed by atoms with van der Waals surface area (Å²) in [6.45, 7) is 2.14. The molecule has 0 aliphatic heterocycles. The van der Waals surface area contributed by atoms with Gasteiger partial charge >= 0.3 is 0 Å². The Hall–Kier alpha value is -0.820. The fraction of sp³-hybridized carbons (Fsp3) is 0.455. The van der Waals surface area contributed by atoms with Crippen LogP contribution in [0.1, 0.15) is 23.1 Å². The molecule has 1 heteroatoms. The van der Waals surface area contributed by atoms with Crippen LogP contribution in [0.25, 0.3) is 0 Å². The second-order valence-corrected chi connectivity index (χ2v) is 3.78. The van der Waals surface area contributed by atoms with Crippen LogP contribution in [0, 0.1) is 6.92 Å². The number of aryl methyl sites for hydroxylation is 2. The monoisotopic (exact) mass is 161 g/mol. The molecule has 1 aliphatic carbocycles. The molecule has 0 radical (unpaired) electrons. The van der Waals surface area contributed by atoms with E-state index in [1.807, 2.05) is 0 Å². The van der Waals surface area contributed by atoms with Crippen LogP contribution in [0.15, 0.2) is 18.2 Å². The van der Waals surface area contributed by atoms with Crippen LogP contribution in [0.2, 0.25) is 0 Å². The zero-order valence-corrected chi connectivity index (χ0v) is 7.51. The maximum absolute atomic E-state index is 5.90. The maximum atomic E-state index is 5.90. The van der Waals surface area contributed by atoms with Crippen LogP contribution in [-0.2, 0) is 12.8 Å². The standard InChI is InChI=1S/C11H15N/c1-8-2-3-9-4-5-11(12)7-10(9)6-8/h2-3,6,11H,4-5,7,12H2,1H3. The van der Waals surface area contributed by atoms with Gasteiger partial charge in [0.15, 0.2) is 0 Å². The highest BCUT2D eigenvalue weighted by Gasteiger charge is 2.14. The van der Waals surface area contributed by atoms with Gasteiger partial charge < -0.3 is 5.73 Å². The molecule has 2 rings (SSSR count). The van der Waals surface area contributed by atoms with Crippen LogP contribution < -0.4 is 5.73 Å². The number of fused-ring (bicyclic) bond motifs is 1. The first-order chi connectivity index (χ1) is 5.75. The lowest BCUT2D eigenvalue weighted by Crippen LogP contribution is -2.27. The van der Waals surface area contributed by atoms with E-state index in [0.29, 0.717) is 6.04 Å². The van der Waals surface area contributed by atoms with Crippen LogP contribution in [0.4, 0.5) is 0 Å². The Morgan fingerprint density at radius 1 is 1.33 bits per heavy atom. The Labute approximate surface area is 73.6 Å². The Bertz CT molecular complexity index is 291. The van der Waals surface area contributed by atoms with Crippen molar-refractivity contribution in [2.45, 2.75) is 32.2 Å². The zero-order valence-electron chi connectivity index (χ0n) is 7.51. The average molecular weight is 161 g/mol. The first-order valence-corrected chi connectivity index (χ1v) is 4.59. The lowest BCUT2D eigenvalue weighted by atomic mass is 9.88. The molecule has 12 heavy (non-hydrogen) atoms. The quantitative estimate of drug-likeness (QED) is 0.617. The maximum Gasteiger partial charge on any atom is 0.00825 e. The summed E-state index contributed by atoms with van der Waals surface area (Å²) in [4.78, 5) is 0. The minimum Gasteiger partial charge on any atom is -0.327 e. The van der Waals surface area contributed by atoms with E-state index in [-0.39, 0.29) is 0 Å². The molecule has 2 N–H and O–H groups in total. The van der Waals surface area contributed by atoms with Crippen molar-refractivity contribution in [2.75, 3.05) is 0 Å². The van der Waals surface area contributed by atoms with Crippen molar-refractivity contribution in [1.29, 1.82) is 0 Å². The van der Waals surface area contributed by atoms with Crippen LogP contribution in [0.5, 0.6) is 0 Å². The first-order valence-electron chi connectivity index (χ1n) is 4.59. The first kappa shape index (κ1) is 7.81. The normalized spacial score (nSPS) is 22.0. The van der Waals surface area contributed by atoms with Crippen LogP contribution >= 0.6 is 0 Å². The Morgan fingerprint density at radius 2 is 2.17 bits per heavy atom. The largest absolute Gasteiger partial charge is 0.327 e. The molecule has 0 amide bonds. The lowest BCUT2D eigenvalue weighted by Gasteiger charge is -2.21. The average Bonchev–Trinajstić information content (AvgIpc) is 2.03. The molecule has 1 aliphatic rings. The van der Waals surface area contributed by atoms with Gasteiger partial charge in [-0.3, -0.25) is 0 Å². The van der Waals surface area contributed by atoms with Crippen LogP contribution in [-0.4, -0.2) is 6.04 Å². The Morgan fingerprint density at radius 3 is 3.00 bits per heavy atom. The molecular weight excluding hydrogens is 146 g/mol. The molecule has 1 unspecified atom stereocenters. The highest BCUT2D eigenvalue weighted by atomic mass is 14.6. The van der Waals surface area contributed by atoms with E-state index in [1.54, 1.807) is 0 Å². The van der Waals surface area contributed by atoms with Crippen LogP contribution in [0.3, 0.4) is 0 Å². The summed E-state index contributed by atoms with van der Waals surface area (Å²) in [5.41, 5.74) is 10.2. The molecule has 1 atom stereocenters. The number of rotatable bonds is 0. The predicted octanol–water partition coefficient (Wildman–Crippen LogP) is 1.81. The SMILES string of the molecule is Cc1ccc2c(c1)CC(N)CC2.